The molecule has 1 saturated heterocycles. The maximum absolute atomic E-state index is 6.15. The van der Waals surface area contributed by atoms with Gasteiger partial charge in [-0.1, -0.05) is 43.0 Å². The average molecular weight is 419 g/mol. The number of aromatic nitrogens is 4. The number of rotatable bonds is 7. The van der Waals surface area contributed by atoms with Crippen molar-refractivity contribution in [3.63, 3.8) is 0 Å². The molecule has 8 heteroatoms. The number of benzene rings is 1. The fourth-order valence-corrected chi connectivity index (χ4v) is 4.85. The zero-order valence-corrected chi connectivity index (χ0v) is 18.0. The molecular formula is C21H31ClN6O. The summed E-state index contributed by atoms with van der Waals surface area (Å²) in [5.74, 6) is 0.871. The molecule has 1 aromatic carbocycles. The van der Waals surface area contributed by atoms with E-state index in [4.69, 9.17) is 16.3 Å². The lowest BCUT2D eigenvalue weighted by molar-refractivity contribution is 0.0615. The molecule has 2 fully saturated rings. The van der Waals surface area contributed by atoms with Crippen LogP contribution in [0.5, 0.6) is 0 Å². The summed E-state index contributed by atoms with van der Waals surface area (Å²) in [5, 5.41) is 13.3. The van der Waals surface area contributed by atoms with E-state index in [9.17, 15) is 0 Å². The minimum absolute atomic E-state index is 0.0210. The predicted molar refractivity (Wildman–Crippen MR) is 113 cm³/mol. The van der Waals surface area contributed by atoms with Crippen LogP contribution in [0.1, 0.15) is 49.5 Å². The summed E-state index contributed by atoms with van der Waals surface area (Å²) in [5.41, 5.74) is 1.17. The van der Waals surface area contributed by atoms with Crippen molar-refractivity contribution in [3.8, 4) is 0 Å². The van der Waals surface area contributed by atoms with Crippen LogP contribution in [-0.2, 0) is 11.3 Å². The normalized spacial score (nSPS) is 20.8. The lowest BCUT2D eigenvalue weighted by Gasteiger charge is -2.43. The molecule has 1 aliphatic heterocycles. The maximum atomic E-state index is 6.15. The minimum atomic E-state index is 0.0210. The summed E-state index contributed by atoms with van der Waals surface area (Å²) in [7, 11) is 1.70. The van der Waals surface area contributed by atoms with Crippen molar-refractivity contribution in [1.29, 1.82) is 0 Å². The maximum Gasteiger partial charge on any atom is 0.173 e. The Kier molecular flexibility index (Phi) is 7.13. The monoisotopic (exact) mass is 418 g/mol. The van der Waals surface area contributed by atoms with Crippen molar-refractivity contribution in [3.05, 3.63) is 40.7 Å². The van der Waals surface area contributed by atoms with E-state index in [2.05, 4.69) is 37.5 Å². The Hall–Kier alpha value is -1.54. The van der Waals surface area contributed by atoms with Crippen molar-refractivity contribution >= 4 is 11.6 Å². The van der Waals surface area contributed by atoms with E-state index in [1.54, 1.807) is 7.11 Å². The number of halogens is 1. The van der Waals surface area contributed by atoms with Gasteiger partial charge in [0, 0.05) is 44.4 Å². The molecule has 1 aliphatic carbocycles. The number of tetrazole rings is 1. The summed E-state index contributed by atoms with van der Waals surface area (Å²) >= 11 is 6.15. The number of piperazine rings is 1. The Morgan fingerprint density at radius 2 is 1.79 bits per heavy atom. The first-order chi connectivity index (χ1) is 14.3. The molecule has 0 radical (unpaired) electrons. The van der Waals surface area contributed by atoms with Crippen LogP contribution < -0.4 is 0 Å². The number of hydrogen-bond acceptors (Lipinski definition) is 6. The van der Waals surface area contributed by atoms with Gasteiger partial charge in [0.05, 0.1) is 19.2 Å². The average Bonchev–Trinajstić information content (AvgIpc) is 3.23. The van der Waals surface area contributed by atoms with Gasteiger partial charge in [0.25, 0.3) is 0 Å². The third-order valence-corrected chi connectivity index (χ3v) is 6.55. The van der Waals surface area contributed by atoms with Crippen LogP contribution in [0.2, 0.25) is 5.02 Å². The summed E-state index contributed by atoms with van der Waals surface area (Å²) in [6.07, 6.45) is 6.88. The number of methoxy groups -OCH3 is 1. The third kappa shape index (κ3) is 4.97. The molecule has 0 amide bonds. The van der Waals surface area contributed by atoms with Crippen LogP contribution in [0.25, 0.3) is 0 Å². The van der Waals surface area contributed by atoms with E-state index in [0.717, 1.165) is 43.1 Å². The van der Waals surface area contributed by atoms with Crippen LogP contribution >= 0.6 is 11.6 Å². The number of ether oxygens (including phenoxy) is 1. The smallest absolute Gasteiger partial charge is 0.173 e. The van der Waals surface area contributed by atoms with E-state index in [-0.39, 0.29) is 6.04 Å². The molecule has 0 N–H and O–H groups in total. The Balaban J connectivity index is 1.53. The zero-order valence-electron chi connectivity index (χ0n) is 17.2. The van der Waals surface area contributed by atoms with Crippen molar-refractivity contribution in [2.24, 2.45) is 0 Å². The molecule has 2 aliphatic rings. The predicted octanol–water partition coefficient (Wildman–Crippen LogP) is 3.01. The van der Waals surface area contributed by atoms with Crippen LogP contribution in [0.4, 0.5) is 0 Å². The molecule has 1 unspecified atom stereocenters. The molecule has 2 heterocycles. The summed E-state index contributed by atoms with van der Waals surface area (Å²) in [4.78, 5) is 5.21. The van der Waals surface area contributed by atoms with Crippen LogP contribution in [0.3, 0.4) is 0 Å². The van der Waals surface area contributed by atoms with Crippen molar-refractivity contribution < 1.29 is 4.74 Å². The van der Waals surface area contributed by atoms with Crippen LogP contribution in [-0.4, -0.2) is 75.9 Å². The first-order valence-electron chi connectivity index (χ1n) is 10.7. The highest BCUT2D eigenvalue weighted by Gasteiger charge is 2.32. The second-order valence-corrected chi connectivity index (χ2v) is 8.51. The van der Waals surface area contributed by atoms with E-state index in [0.29, 0.717) is 13.2 Å². The van der Waals surface area contributed by atoms with Gasteiger partial charge >= 0.3 is 0 Å². The molecule has 1 saturated carbocycles. The second kappa shape index (κ2) is 9.98. The van der Waals surface area contributed by atoms with E-state index in [1.807, 2.05) is 16.8 Å². The Morgan fingerprint density at radius 1 is 1.07 bits per heavy atom. The van der Waals surface area contributed by atoms with Crippen molar-refractivity contribution in [1.82, 2.24) is 30.0 Å². The van der Waals surface area contributed by atoms with Gasteiger partial charge < -0.3 is 4.74 Å². The Bertz CT molecular complexity index is 753. The van der Waals surface area contributed by atoms with Gasteiger partial charge in [-0.05, 0) is 41.0 Å². The fourth-order valence-electron chi connectivity index (χ4n) is 4.72. The zero-order chi connectivity index (χ0) is 20.1. The highest BCUT2D eigenvalue weighted by atomic mass is 35.5. The molecule has 4 rings (SSSR count). The Morgan fingerprint density at radius 3 is 2.48 bits per heavy atom. The van der Waals surface area contributed by atoms with E-state index < -0.39 is 0 Å². The number of hydrogen-bond donors (Lipinski definition) is 0. The first kappa shape index (κ1) is 20.7. The highest BCUT2D eigenvalue weighted by molar-refractivity contribution is 6.30. The summed E-state index contributed by atoms with van der Waals surface area (Å²) < 4.78 is 7.12. The fraction of sp³-hybridized carbons (Fsp3) is 0.667. The lowest BCUT2D eigenvalue weighted by atomic mass is 9.93. The quantitative estimate of drug-likeness (QED) is 0.688. The van der Waals surface area contributed by atoms with Gasteiger partial charge in [0.15, 0.2) is 5.82 Å². The third-order valence-electron chi connectivity index (χ3n) is 6.30. The van der Waals surface area contributed by atoms with Crippen LogP contribution in [0, 0.1) is 0 Å². The molecular weight excluding hydrogens is 388 g/mol. The van der Waals surface area contributed by atoms with Crippen molar-refractivity contribution in [2.45, 2.75) is 50.7 Å². The molecule has 29 heavy (non-hydrogen) atoms. The minimum Gasteiger partial charge on any atom is -0.383 e. The number of nitrogens with zero attached hydrogens (tertiary/aromatic N) is 6. The Labute approximate surface area is 178 Å². The second-order valence-electron chi connectivity index (χ2n) is 8.07. The summed E-state index contributed by atoms with van der Waals surface area (Å²) in [6, 6.07) is 8.88. The largest absolute Gasteiger partial charge is 0.383 e. The summed E-state index contributed by atoms with van der Waals surface area (Å²) in [6.45, 7) is 5.47. The van der Waals surface area contributed by atoms with Gasteiger partial charge in [-0.3, -0.25) is 9.80 Å². The molecule has 1 atom stereocenters. The molecule has 1 aromatic heterocycles. The van der Waals surface area contributed by atoms with Gasteiger partial charge in [-0.25, -0.2) is 4.68 Å². The topological polar surface area (TPSA) is 59.3 Å². The van der Waals surface area contributed by atoms with Gasteiger partial charge in [0.2, 0.25) is 0 Å². The van der Waals surface area contributed by atoms with Crippen LogP contribution in [0.15, 0.2) is 24.3 Å². The van der Waals surface area contributed by atoms with Gasteiger partial charge in [-0.2, -0.15) is 0 Å². The molecule has 0 spiro atoms. The van der Waals surface area contributed by atoms with Gasteiger partial charge in [0.1, 0.15) is 0 Å². The molecule has 7 nitrogen and oxygen atoms in total. The lowest BCUT2D eigenvalue weighted by Crippen LogP contribution is -2.52. The highest BCUT2D eigenvalue weighted by Crippen LogP contribution is 2.30. The molecule has 2 aromatic rings. The van der Waals surface area contributed by atoms with Gasteiger partial charge in [-0.15, -0.1) is 5.10 Å². The molecule has 0 bridgehead atoms. The van der Waals surface area contributed by atoms with Crippen molar-refractivity contribution in [2.75, 3.05) is 39.9 Å². The van der Waals surface area contributed by atoms with E-state index >= 15 is 0 Å². The molecule has 158 valence electrons. The SMILES string of the molecule is COCCn1nnnc1C(c1ccc(Cl)cc1)N1CCN(C2CCCCC2)CC1. The standard InChI is InChI=1S/C21H31ClN6O/c1-29-16-15-28-21(23-24-25-28)20(17-7-9-18(22)10-8-17)27-13-11-26(12-14-27)19-5-3-2-4-6-19/h7-10,19-20H,2-6,11-16H2,1H3. The van der Waals surface area contributed by atoms with E-state index in [1.165, 1.54) is 37.7 Å². The first-order valence-corrected chi connectivity index (χ1v) is 11.1.